The summed E-state index contributed by atoms with van der Waals surface area (Å²) in [5.41, 5.74) is 13.5. The molecule has 0 aliphatic heterocycles. The van der Waals surface area contributed by atoms with Crippen molar-refractivity contribution in [2.45, 2.75) is 47.5 Å². The molecule has 6 rings (SSSR count). The molecule has 0 heterocycles. The molecule has 0 nitrogen and oxygen atoms in total. The van der Waals surface area contributed by atoms with Gasteiger partial charge in [-0.25, -0.2) is 0 Å². The summed E-state index contributed by atoms with van der Waals surface area (Å²) in [5, 5.41) is 5.25. The van der Waals surface area contributed by atoms with E-state index in [1.165, 1.54) is 98.0 Å². The molecule has 2 heteroatoms. The Labute approximate surface area is 275 Å². The van der Waals surface area contributed by atoms with Crippen molar-refractivity contribution in [3.8, 4) is 33.4 Å². The van der Waals surface area contributed by atoms with E-state index in [1.54, 1.807) is 3.57 Å². The molecule has 0 amide bonds. The van der Waals surface area contributed by atoms with Gasteiger partial charge in [0, 0.05) is 0 Å². The zero-order valence-corrected chi connectivity index (χ0v) is 29.6. The standard InChI is InChI=1S/C40H38I2/c1-6-7-20-42-32-19-17-26(3)36(24-32)38-22-30-13-9-11-15-34(30)40(28(38)5)39-27(4)37(21-29-12-8-10-14-33(29)39)35-23-31(41)18-16-25(35)2/h8-19,21-24,42H,6-7,20H2,1-5H3. The number of rotatable bonds is 7. The molecule has 0 saturated carbocycles. The predicted molar refractivity (Wildman–Crippen MR) is 203 cm³/mol. The zero-order chi connectivity index (χ0) is 29.4. The van der Waals surface area contributed by atoms with Crippen LogP contribution in [-0.2, 0) is 0 Å². The number of unbranched alkanes of at least 4 members (excludes halogenated alkanes) is 1. The van der Waals surface area contributed by atoms with E-state index in [0.29, 0.717) is 0 Å². The van der Waals surface area contributed by atoms with Crippen LogP contribution < -0.4 is 0 Å². The molecule has 0 saturated heterocycles. The van der Waals surface area contributed by atoms with Gasteiger partial charge in [-0.3, -0.25) is 0 Å². The average molecular weight is 773 g/mol. The normalized spacial score (nSPS) is 11.6. The number of alkyl halides is 1. The SMILES string of the molecule is CCCC[IH]c1ccc(C)c(-c2cc3ccccc3c(-c3c(C)c(-c4cc(I)ccc4C)cc4ccccc34)c2C)c1. The summed E-state index contributed by atoms with van der Waals surface area (Å²) in [7, 11) is 0. The molecule has 0 bridgehead atoms. The van der Waals surface area contributed by atoms with E-state index >= 15 is 0 Å². The molecule has 0 atom stereocenters. The molecule has 0 aliphatic carbocycles. The van der Waals surface area contributed by atoms with Gasteiger partial charge < -0.3 is 0 Å². The Hall–Kier alpha value is -2.70. The van der Waals surface area contributed by atoms with Crippen molar-refractivity contribution in [2.24, 2.45) is 0 Å². The van der Waals surface area contributed by atoms with Gasteiger partial charge in [-0.2, -0.15) is 0 Å². The van der Waals surface area contributed by atoms with E-state index in [0.717, 1.165) is 0 Å². The molecular formula is C40H38I2. The Bertz CT molecular complexity index is 1950. The summed E-state index contributed by atoms with van der Waals surface area (Å²) < 4.78 is 4.21. The maximum absolute atomic E-state index is 2.52. The van der Waals surface area contributed by atoms with Crippen molar-refractivity contribution < 1.29 is 0 Å². The Morgan fingerprint density at radius 1 is 0.571 bits per heavy atom. The van der Waals surface area contributed by atoms with Crippen LogP contribution in [0.1, 0.15) is 42.0 Å². The summed E-state index contributed by atoms with van der Waals surface area (Å²) in [6.07, 6.45) is 2.62. The molecule has 0 N–H and O–H groups in total. The van der Waals surface area contributed by atoms with E-state index in [-0.39, 0.29) is 21.2 Å². The Balaban J connectivity index is 1.68. The number of hydrogen-bond acceptors (Lipinski definition) is 0. The predicted octanol–water partition coefficient (Wildman–Crippen LogP) is 12.5. The van der Waals surface area contributed by atoms with E-state index in [4.69, 9.17) is 0 Å². The van der Waals surface area contributed by atoms with Crippen molar-refractivity contribution in [1.29, 1.82) is 0 Å². The van der Waals surface area contributed by atoms with Crippen LogP contribution in [0.15, 0.2) is 97.1 Å². The van der Waals surface area contributed by atoms with Gasteiger partial charge >= 0.3 is 248 Å². The summed E-state index contributed by atoms with van der Waals surface area (Å²) in [6, 6.07) is 36.9. The van der Waals surface area contributed by atoms with Crippen molar-refractivity contribution in [1.82, 2.24) is 0 Å². The Kier molecular flexibility index (Phi) is 8.74. The van der Waals surface area contributed by atoms with Crippen LogP contribution in [-0.4, -0.2) is 4.43 Å². The van der Waals surface area contributed by atoms with Crippen molar-refractivity contribution in [3.63, 3.8) is 0 Å². The van der Waals surface area contributed by atoms with Crippen LogP contribution in [0.3, 0.4) is 0 Å². The fraction of sp³-hybridized carbons (Fsp3) is 0.200. The van der Waals surface area contributed by atoms with Gasteiger partial charge in [0.25, 0.3) is 0 Å². The summed E-state index contributed by atoms with van der Waals surface area (Å²) in [5.74, 6) is 0. The average Bonchev–Trinajstić information content (AvgIpc) is 2.99. The third-order valence-electron chi connectivity index (χ3n) is 8.62. The third-order valence-corrected chi connectivity index (χ3v) is 12.4. The molecule has 212 valence electrons. The zero-order valence-electron chi connectivity index (χ0n) is 25.1. The van der Waals surface area contributed by atoms with Crippen LogP contribution in [0, 0.1) is 34.8 Å². The van der Waals surface area contributed by atoms with E-state index in [1.807, 2.05) is 0 Å². The van der Waals surface area contributed by atoms with Gasteiger partial charge in [0.2, 0.25) is 0 Å². The van der Waals surface area contributed by atoms with Gasteiger partial charge in [0.05, 0.1) is 0 Å². The number of benzene rings is 6. The second kappa shape index (κ2) is 12.5. The number of aryl methyl sites for hydroxylation is 2. The molecule has 6 aromatic carbocycles. The number of halogens is 2. The molecule has 6 aromatic rings. The van der Waals surface area contributed by atoms with Gasteiger partial charge in [-0.05, 0) is 28.7 Å². The molecule has 0 radical (unpaired) electrons. The quantitative estimate of drug-likeness (QED) is 0.0861. The fourth-order valence-corrected chi connectivity index (χ4v) is 9.75. The van der Waals surface area contributed by atoms with E-state index < -0.39 is 0 Å². The first-order chi connectivity index (χ1) is 20.4. The topological polar surface area (TPSA) is 0 Å². The van der Waals surface area contributed by atoms with Crippen LogP contribution in [0.4, 0.5) is 0 Å². The molecular weight excluding hydrogens is 734 g/mol. The van der Waals surface area contributed by atoms with Crippen LogP contribution in [0.2, 0.25) is 0 Å². The molecule has 0 spiro atoms. The van der Waals surface area contributed by atoms with E-state index in [9.17, 15) is 0 Å². The van der Waals surface area contributed by atoms with Crippen LogP contribution in [0.5, 0.6) is 0 Å². The second-order valence-corrected chi connectivity index (χ2v) is 16.0. The summed E-state index contributed by atoms with van der Waals surface area (Å²) in [6.45, 7) is 11.5. The molecule has 0 aliphatic rings. The Morgan fingerprint density at radius 3 is 1.67 bits per heavy atom. The first kappa shape index (κ1) is 29.4. The minimum atomic E-state index is -0.167. The second-order valence-electron chi connectivity index (χ2n) is 11.4. The Morgan fingerprint density at radius 2 is 1.10 bits per heavy atom. The van der Waals surface area contributed by atoms with Gasteiger partial charge in [0.1, 0.15) is 0 Å². The molecule has 42 heavy (non-hydrogen) atoms. The third kappa shape index (κ3) is 5.53. The summed E-state index contributed by atoms with van der Waals surface area (Å²) >= 11 is 2.28. The first-order valence-electron chi connectivity index (χ1n) is 14.9. The first-order valence-corrected chi connectivity index (χ1v) is 18.8. The van der Waals surface area contributed by atoms with Crippen LogP contribution in [0.25, 0.3) is 54.9 Å². The molecule has 0 unspecified atom stereocenters. The van der Waals surface area contributed by atoms with Crippen molar-refractivity contribution in [3.05, 3.63) is 126 Å². The van der Waals surface area contributed by atoms with Gasteiger partial charge in [0.15, 0.2) is 0 Å². The van der Waals surface area contributed by atoms with Crippen molar-refractivity contribution in [2.75, 3.05) is 4.43 Å². The summed E-state index contributed by atoms with van der Waals surface area (Å²) in [4.78, 5) is 0. The maximum atomic E-state index is 2.52. The van der Waals surface area contributed by atoms with Crippen LogP contribution >= 0.6 is 43.8 Å². The fourth-order valence-electron chi connectivity index (χ4n) is 6.31. The monoisotopic (exact) mass is 772 g/mol. The van der Waals surface area contributed by atoms with E-state index in [2.05, 4.69) is 154 Å². The minimum absolute atomic E-state index is 0.167. The van der Waals surface area contributed by atoms with Crippen molar-refractivity contribution >= 4 is 65.3 Å². The van der Waals surface area contributed by atoms with Gasteiger partial charge in [-0.1, -0.05) is 0 Å². The molecule has 0 fully saturated rings. The number of fused-ring (bicyclic) bond motifs is 2. The number of hydrogen-bond donors (Lipinski definition) is 0. The molecule has 0 aromatic heterocycles. The van der Waals surface area contributed by atoms with Gasteiger partial charge in [-0.15, -0.1) is 0 Å².